The lowest BCUT2D eigenvalue weighted by Crippen LogP contribution is -2.40. The smallest absolute Gasteiger partial charge is 0.241 e. The number of aryl methyl sites for hydroxylation is 2. The summed E-state index contributed by atoms with van der Waals surface area (Å²) >= 11 is 0. The average molecular weight is 370 g/mol. The molecule has 2 rings (SSSR count). The molecule has 0 aliphatic rings. The van der Waals surface area contributed by atoms with Gasteiger partial charge in [-0.2, -0.15) is 0 Å². The van der Waals surface area contributed by atoms with Gasteiger partial charge >= 0.3 is 0 Å². The fourth-order valence-corrected chi connectivity index (χ4v) is 2.88. The molecule has 27 heavy (non-hydrogen) atoms. The maximum atomic E-state index is 12.6. The third-order valence-electron chi connectivity index (χ3n) is 4.79. The van der Waals surface area contributed by atoms with Gasteiger partial charge in [0.2, 0.25) is 5.91 Å². The second-order valence-corrected chi connectivity index (χ2v) is 6.80. The molecule has 0 spiro atoms. The minimum atomic E-state index is -0.230. The van der Waals surface area contributed by atoms with Crippen LogP contribution >= 0.6 is 0 Å². The van der Waals surface area contributed by atoms with Crippen molar-refractivity contribution >= 4 is 11.6 Å². The van der Waals surface area contributed by atoms with Gasteiger partial charge in [0.25, 0.3) is 0 Å². The van der Waals surface area contributed by atoms with Crippen LogP contribution in [0.3, 0.4) is 0 Å². The third-order valence-corrected chi connectivity index (χ3v) is 4.79. The molecule has 2 aromatic rings. The summed E-state index contributed by atoms with van der Waals surface area (Å²) in [5, 5.41) is 2.98. The van der Waals surface area contributed by atoms with E-state index < -0.39 is 0 Å². The molecular weight excluding hydrogens is 340 g/mol. The lowest BCUT2D eigenvalue weighted by molar-refractivity contribution is -0.120. The number of nitrogens with zero attached hydrogens (tertiary/aromatic N) is 1. The number of likely N-dealkylation sites (N-methyl/N-ethyl adjacent to an activating group) is 1. The average Bonchev–Trinajstić information content (AvgIpc) is 2.68. The molecule has 0 aliphatic carbocycles. The Hall–Kier alpha value is -2.53. The first kappa shape index (κ1) is 20.8. The lowest BCUT2D eigenvalue weighted by Gasteiger charge is -2.24. The number of methoxy groups -OCH3 is 2. The van der Waals surface area contributed by atoms with Crippen LogP contribution in [-0.4, -0.2) is 44.7 Å². The van der Waals surface area contributed by atoms with Gasteiger partial charge in [0, 0.05) is 0 Å². The molecule has 0 saturated carbocycles. The van der Waals surface area contributed by atoms with E-state index in [1.165, 1.54) is 5.56 Å². The Morgan fingerprint density at radius 2 is 1.81 bits per heavy atom. The van der Waals surface area contributed by atoms with Crippen LogP contribution in [0.25, 0.3) is 0 Å². The zero-order chi connectivity index (χ0) is 19.8. The standard InChI is InChI=1S/C22H30N2O3/c1-16-8-13-21(27-5)20(15-16)23-22(25)17(2)24(3)14-6-7-18-9-11-19(26-4)12-10-18/h8-13,15,17H,6-7,14H2,1-5H3,(H,23,25). The molecule has 0 radical (unpaired) electrons. The van der Waals surface area contributed by atoms with Crippen molar-refractivity contribution in [3.63, 3.8) is 0 Å². The molecule has 1 amide bonds. The molecule has 0 bridgehead atoms. The number of benzene rings is 2. The quantitative estimate of drug-likeness (QED) is 0.727. The molecular formula is C22H30N2O3. The number of carbonyl (C=O) groups excluding carboxylic acids is 1. The number of ether oxygens (including phenoxy) is 2. The first-order valence-corrected chi connectivity index (χ1v) is 9.23. The van der Waals surface area contributed by atoms with Crippen LogP contribution in [0.15, 0.2) is 42.5 Å². The number of anilines is 1. The van der Waals surface area contributed by atoms with E-state index in [-0.39, 0.29) is 11.9 Å². The van der Waals surface area contributed by atoms with Crippen LogP contribution in [-0.2, 0) is 11.2 Å². The largest absolute Gasteiger partial charge is 0.497 e. The Morgan fingerprint density at radius 3 is 2.44 bits per heavy atom. The fourth-order valence-electron chi connectivity index (χ4n) is 2.88. The molecule has 1 unspecified atom stereocenters. The van der Waals surface area contributed by atoms with Crippen molar-refractivity contribution in [2.75, 3.05) is 33.1 Å². The van der Waals surface area contributed by atoms with Crippen molar-refractivity contribution in [3.05, 3.63) is 53.6 Å². The summed E-state index contributed by atoms with van der Waals surface area (Å²) in [6, 6.07) is 13.6. The monoisotopic (exact) mass is 370 g/mol. The normalized spacial score (nSPS) is 11.9. The maximum Gasteiger partial charge on any atom is 0.241 e. The van der Waals surface area contributed by atoms with Gasteiger partial charge < -0.3 is 14.8 Å². The van der Waals surface area contributed by atoms with E-state index in [4.69, 9.17) is 9.47 Å². The Labute approximate surface area is 162 Å². The van der Waals surface area contributed by atoms with E-state index in [1.54, 1.807) is 14.2 Å². The summed E-state index contributed by atoms with van der Waals surface area (Å²) < 4.78 is 10.5. The molecule has 1 atom stereocenters. The number of amides is 1. The summed E-state index contributed by atoms with van der Waals surface area (Å²) in [4.78, 5) is 14.7. The topological polar surface area (TPSA) is 50.8 Å². The number of rotatable bonds is 9. The summed E-state index contributed by atoms with van der Waals surface area (Å²) in [6.07, 6.45) is 1.95. The molecule has 0 aliphatic heterocycles. The summed E-state index contributed by atoms with van der Waals surface area (Å²) in [6.45, 7) is 4.75. The predicted molar refractivity (Wildman–Crippen MR) is 110 cm³/mol. The number of nitrogens with one attached hydrogen (secondary N) is 1. The van der Waals surface area contributed by atoms with Crippen LogP contribution in [0, 0.1) is 6.92 Å². The summed E-state index contributed by atoms with van der Waals surface area (Å²) in [5.74, 6) is 1.50. The molecule has 0 aromatic heterocycles. The van der Waals surface area contributed by atoms with E-state index >= 15 is 0 Å². The van der Waals surface area contributed by atoms with E-state index in [2.05, 4.69) is 22.3 Å². The van der Waals surface area contributed by atoms with Gasteiger partial charge in [-0.1, -0.05) is 18.2 Å². The SMILES string of the molecule is COc1ccc(CCCN(C)C(C)C(=O)Nc2cc(C)ccc2OC)cc1. The predicted octanol–water partition coefficient (Wildman–Crippen LogP) is 3.90. The molecule has 146 valence electrons. The van der Waals surface area contributed by atoms with Gasteiger partial charge in [0.05, 0.1) is 25.9 Å². The minimum absolute atomic E-state index is 0.0363. The van der Waals surface area contributed by atoms with E-state index in [0.717, 1.165) is 30.7 Å². The lowest BCUT2D eigenvalue weighted by atomic mass is 10.1. The van der Waals surface area contributed by atoms with Crippen LogP contribution in [0.5, 0.6) is 11.5 Å². The van der Waals surface area contributed by atoms with E-state index in [1.807, 2.05) is 51.2 Å². The van der Waals surface area contributed by atoms with E-state index in [9.17, 15) is 4.79 Å². The van der Waals surface area contributed by atoms with Crippen molar-refractivity contribution in [2.45, 2.75) is 32.7 Å². The highest BCUT2D eigenvalue weighted by Crippen LogP contribution is 2.25. The molecule has 5 nitrogen and oxygen atoms in total. The number of hydrogen-bond acceptors (Lipinski definition) is 4. The fraction of sp³-hybridized carbons (Fsp3) is 0.409. The molecule has 0 heterocycles. The molecule has 0 fully saturated rings. The van der Waals surface area contributed by atoms with Gasteiger partial charge in [0.15, 0.2) is 0 Å². The highest BCUT2D eigenvalue weighted by Gasteiger charge is 2.19. The molecule has 2 aromatic carbocycles. The van der Waals surface area contributed by atoms with Gasteiger partial charge in [-0.25, -0.2) is 0 Å². The Balaban J connectivity index is 1.85. The Bertz CT molecular complexity index is 744. The first-order valence-electron chi connectivity index (χ1n) is 9.23. The summed E-state index contributed by atoms with van der Waals surface area (Å²) in [5.41, 5.74) is 3.05. The van der Waals surface area contributed by atoms with E-state index in [0.29, 0.717) is 11.4 Å². The second-order valence-electron chi connectivity index (χ2n) is 6.80. The van der Waals surface area contributed by atoms with Crippen molar-refractivity contribution in [1.82, 2.24) is 4.90 Å². The van der Waals surface area contributed by atoms with Crippen molar-refractivity contribution in [1.29, 1.82) is 0 Å². The maximum absolute atomic E-state index is 12.6. The number of hydrogen-bond donors (Lipinski definition) is 1. The Kier molecular flexibility index (Phi) is 7.67. The summed E-state index contributed by atoms with van der Waals surface area (Å²) in [7, 11) is 5.25. The van der Waals surface area contributed by atoms with Crippen LogP contribution in [0.1, 0.15) is 24.5 Å². The van der Waals surface area contributed by atoms with Gasteiger partial charge in [-0.05, 0) is 75.7 Å². The molecule has 1 N–H and O–H groups in total. The molecule has 5 heteroatoms. The third kappa shape index (κ3) is 6.00. The second kappa shape index (κ2) is 9.97. The number of carbonyl (C=O) groups is 1. The van der Waals surface area contributed by atoms with Gasteiger partial charge in [-0.3, -0.25) is 9.69 Å². The van der Waals surface area contributed by atoms with Crippen LogP contribution in [0.2, 0.25) is 0 Å². The first-order chi connectivity index (χ1) is 12.9. The van der Waals surface area contributed by atoms with Crippen LogP contribution < -0.4 is 14.8 Å². The highest BCUT2D eigenvalue weighted by molar-refractivity contribution is 5.95. The minimum Gasteiger partial charge on any atom is -0.497 e. The van der Waals surface area contributed by atoms with Crippen molar-refractivity contribution < 1.29 is 14.3 Å². The highest BCUT2D eigenvalue weighted by atomic mass is 16.5. The molecule has 0 saturated heterocycles. The van der Waals surface area contributed by atoms with Gasteiger partial charge in [-0.15, -0.1) is 0 Å². The van der Waals surface area contributed by atoms with Crippen molar-refractivity contribution in [2.24, 2.45) is 0 Å². The van der Waals surface area contributed by atoms with Crippen LogP contribution in [0.4, 0.5) is 5.69 Å². The Morgan fingerprint density at radius 1 is 1.11 bits per heavy atom. The van der Waals surface area contributed by atoms with Crippen molar-refractivity contribution in [3.8, 4) is 11.5 Å². The zero-order valence-electron chi connectivity index (χ0n) is 16.9. The van der Waals surface area contributed by atoms with Gasteiger partial charge in [0.1, 0.15) is 11.5 Å². The zero-order valence-corrected chi connectivity index (χ0v) is 16.9.